The lowest BCUT2D eigenvalue weighted by molar-refractivity contribution is 0.111. The summed E-state index contributed by atoms with van der Waals surface area (Å²) >= 11 is 0. The van der Waals surface area contributed by atoms with E-state index in [1.807, 2.05) is 6.92 Å². The zero-order valence-electron chi connectivity index (χ0n) is 6.95. The standard InChI is InChI=1S/C9H10N2O/c1-6-4-8(5-12)11-9(10-6)7-2-3-7/h4-5,7H,2-3H2,1H3. The first-order chi connectivity index (χ1) is 5.79. The minimum absolute atomic E-state index is 0.504. The van der Waals surface area contributed by atoms with E-state index in [1.54, 1.807) is 6.07 Å². The second kappa shape index (κ2) is 2.66. The number of rotatable bonds is 2. The first kappa shape index (κ1) is 7.40. The topological polar surface area (TPSA) is 42.9 Å². The molecular formula is C9H10N2O. The van der Waals surface area contributed by atoms with Crippen molar-refractivity contribution in [3.63, 3.8) is 0 Å². The minimum atomic E-state index is 0.504. The van der Waals surface area contributed by atoms with Crippen LogP contribution in [0, 0.1) is 6.92 Å². The summed E-state index contributed by atoms with van der Waals surface area (Å²) in [6.07, 6.45) is 3.12. The van der Waals surface area contributed by atoms with Gasteiger partial charge >= 0.3 is 0 Å². The Morgan fingerprint density at radius 1 is 1.50 bits per heavy atom. The Labute approximate surface area is 70.9 Å². The third-order valence-electron chi connectivity index (χ3n) is 1.95. The van der Waals surface area contributed by atoms with Crippen LogP contribution in [0.4, 0.5) is 0 Å². The molecule has 3 nitrogen and oxygen atoms in total. The fourth-order valence-corrected chi connectivity index (χ4v) is 1.20. The second-order valence-corrected chi connectivity index (χ2v) is 3.18. The summed E-state index contributed by atoms with van der Waals surface area (Å²) in [7, 11) is 0. The fraction of sp³-hybridized carbons (Fsp3) is 0.444. The molecule has 1 aliphatic rings. The first-order valence-electron chi connectivity index (χ1n) is 4.10. The van der Waals surface area contributed by atoms with Crippen LogP contribution in [0.1, 0.15) is 40.8 Å². The van der Waals surface area contributed by atoms with Gasteiger partial charge in [-0.1, -0.05) is 0 Å². The maximum Gasteiger partial charge on any atom is 0.168 e. The van der Waals surface area contributed by atoms with Gasteiger partial charge in [-0.2, -0.15) is 0 Å². The van der Waals surface area contributed by atoms with Gasteiger partial charge in [-0.05, 0) is 25.8 Å². The van der Waals surface area contributed by atoms with Crippen LogP contribution in [0.2, 0.25) is 0 Å². The van der Waals surface area contributed by atoms with Crippen molar-refractivity contribution in [3.05, 3.63) is 23.3 Å². The van der Waals surface area contributed by atoms with Crippen molar-refractivity contribution in [2.45, 2.75) is 25.7 Å². The van der Waals surface area contributed by atoms with Crippen molar-refractivity contribution in [1.29, 1.82) is 0 Å². The second-order valence-electron chi connectivity index (χ2n) is 3.18. The summed E-state index contributed by atoms with van der Waals surface area (Å²) in [5, 5.41) is 0. The van der Waals surface area contributed by atoms with E-state index in [0.29, 0.717) is 11.6 Å². The molecule has 3 heteroatoms. The summed E-state index contributed by atoms with van der Waals surface area (Å²) < 4.78 is 0. The number of carbonyl (C=O) groups is 1. The number of aromatic nitrogens is 2. The van der Waals surface area contributed by atoms with Crippen molar-refractivity contribution in [2.75, 3.05) is 0 Å². The van der Waals surface area contributed by atoms with Gasteiger partial charge in [0, 0.05) is 11.6 Å². The largest absolute Gasteiger partial charge is 0.296 e. The highest BCUT2D eigenvalue weighted by atomic mass is 16.1. The maximum absolute atomic E-state index is 10.5. The molecule has 0 atom stereocenters. The first-order valence-corrected chi connectivity index (χ1v) is 4.10. The number of aldehydes is 1. The van der Waals surface area contributed by atoms with Gasteiger partial charge in [0.15, 0.2) is 6.29 Å². The van der Waals surface area contributed by atoms with Crippen LogP contribution in [0.25, 0.3) is 0 Å². The molecule has 1 saturated carbocycles. The zero-order valence-corrected chi connectivity index (χ0v) is 6.95. The van der Waals surface area contributed by atoms with Crippen LogP contribution in [0.3, 0.4) is 0 Å². The van der Waals surface area contributed by atoms with Crippen LogP contribution in [-0.4, -0.2) is 16.3 Å². The number of hydrogen-bond acceptors (Lipinski definition) is 3. The van der Waals surface area contributed by atoms with E-state index >= 15 is 0 Å². The Hall–Kier alpha value is -1.25. The molecular weight excluding hydrogens is 152 g/mol. The van der Waals surface area contributed by atoms with E-state index in [4.69, 9.17) is 0 Å². The Morgan fingerprint density at radius 2 is 2.25 bits per heavy atom. The highest BCUT2D eigenvalue weighted by Gasteiger charge is 2.26. The summed E-state index contributed by atoms with van der Waals surface area (Å²) in [6.45, 7) is 1.89. The molecule has 0 N–H and O–H groups in total. The summed E-state index contributed by atoms with van der Waals surface area (Å²) in [5.41, 5.74) is 1.39. The molecule has 1 aromatic heterocycles. The van der Waals surface area contributed by atoms with Crippen LogP contribution < -0.4 is 0 Å². The quantitative estimate of drug-likeness (QED) is 0.618. The normalized spacial score (nSPS) is 16.1. The van der Waals surface area contributed by atoms with Gasteiger partial charge in [0.1, 0.15) is 11.5 Å². The van der Waals surface area contributed by atoms with Crippen LogP contribution in [0.5, 0.6) is 0 Å². The molecule has 0 aliphatic heterocycles. The summed E-state index contributed by atoms with van der Waals surface area (Å²) in [5.74, 6) is 1.36. The van der Waals surface area contributed by atoms with E-state index < -0.39 is 0 Å². The number of nitrogens with zero attached hydrogens (tertiary/aromatic N) is 2. The summed E-state index contributed by atoms with van der Waals surface area (Å²) in [6, 6.07) is 1.71. The molecule has 0 radical (unpaired) electrons. The highest BCUT2D eigenvalue weighted by Crippen LogP contribution is 2.37. The average Bonchev–Trinajstić information content (AvgIpc) is 2.85. The van der Waals surface area contributed by atoms with E-state index in [1.165, 1.54) is 12.8 Å². The third kappa shape index (κ3) is 1.35. The molecule has 1 fully saturated rings. The zero-order chi connectivity index (χ0) is 8.55. The molecule has 0 unspecified atom stereocenters. The number of carbonyl (C=O) groups excluding carboxylic acids is 1. The fourth-order valence-electron chi connectivity index (χ4n) is 1.20. The van der Waals surface area contributed by atoms with Crippen LogP contribution >= 0.6 is 0 Å². The van der Waals surface area contributed by atoms with Crippen molar-refractivity contribution < 1.29 is 4.79 Å². The van der Waals surface area contributed by atoms with Gasteiger partial charge in [0.25, 0.3) is 0 Å². The monoisotopic (exact) mass is 162 g/mol. The van der Waals surface area contributed by atoms with Crippen molar-refractivity contribution >= 4 is 6.29 Å². The molecule has 62 valence electrons. The molecule has 0 spiro atoms. The van der Waals surface area contributed by atoms with E-state index in [0.717, 1.165) is 17.8 Å². The molecule has 0 saturated heterocycles. The van der Waals surface area contributed by atoms with Gasteiger partial charge in [-0.3, -0.25) is 4.79 Å². The third-order valence-corrected chi connectivity index (χ3v) is 1.95. The Bertz CT molecular complexity index is 318. The van der Waals surface area contributed by atoms with Crippen LogP contribution in [-0.2, 0) is 0 Å². The van der Waals surface area contributed by atoms with Crippen LogP contribution in [0.15, 0.2) is 6.07 Å². The van der Waals surface area contributed by atoms with E-state index in [-0.39, 0.29) is 0 Å². The van der Waals surface area contributed by atoms with E-state index in [9.17, 15) is 4.79 Å². The van der Waals surface area contributed by atoms with Crippen molar-refractivity contribution in [2.24, 2.45) is 0 Å². The van der Waals surface area contributed by atoms with E-state index in [2.05, 4.69) is 9.97 Å². The SMILES string of the molecule is Cc1cc(C=O)nc(C2CC2)n1. The molecule has 0 bridgehead atoms. The Balaban J connectivity index is 2.40. The van der Waals surface area contributed by atoms with Gasteiger partial charge < -0.3 is 0 Å². The molecule has 1 aliphatic carbocycles. The van der Waals surface area contributed by atoms with Crippen molar-refractivity contribution in [3.8, 4) is 0 Å². The lowest BCUT2D eigenvalue weighted by Gasteiger charge is -1.98. The number of aryl methyl sites for hydroxylation is 1. The molecule has 0 aromatic carbocycles. The van der Waals surface area contributed by atoms with Gasteiger partial charge in [0.05, 0.1) is 0 Å². The molecule has 2 rings (SSSR count). The lowest BCUT2D eigenvalue weighted by atomic mass is 10.3. The predicted octanol–water partition coefficient (Wildman–Crippen LogP) is 1.47. The Kier molecular flexibility index (Phi) is 1.64. The van der Waals surface area contributed by atoms with Gasteiger partial charge in [0.2, 0.25) is 0 Å². The molecule has 1 heterocycles. The molecule has 1 aromatic rings. The highest BCUT2D eigenvalue weighted by molar-refractivity contribution is 5.71. The lowest BCUT2D eigenvalue weighted by Crippen LogP contribution is -1.98. The number of hydrogen-bond donors (Lipinski definition) is 0. The Morgan fingerprint density at radius 3 is 2.83 bits per heavy atom. The van der Waals surface area contributed by atoms with Gasteiger partial charge in [-0.25, -0.2) is 9.97 Å². The predicted molar refractivity (Wildman–Crippen MR) is 44.1 cm³/mol. The van der Waals surface area contributed by atoms with Gasteiger partial charge in [-0.15, -0.1) is 0 Å². The average molecular weight is 162 g/mol. The smallest absolute Gasteiger partial charge is 0.168 e. The minimum Gasteiger partial charge on any atom is -0.296 e. The van der Waals surface area contributed by atoms with Crippen molar-refractivity contribution in [1.82, 2.24) is 9.97 Å². The molecule has 0 amide bonds. The summed E-state index contributed by atoms with van der Waals surface area (Å²) in [4.78, 5) is 18.9. The maximum atomic E-state index is 10.5. The molecule has 12 heavy (non-hydrogen) atoms.